The van der Waals surface area contributed by atoms with E-state index in [4.69, 9.17) is 27.9 Å². The maximum Gasteiger partial charge on any atom is 0.261 e. The third kappa shape index (κ3) is 8.00. The molecule has 2 amide bonds. The van der Waals surface area contributed by atoms with Crippen molar-refractivity contribution in [3.63, 3.8) is 0 Å². The van der Waals surface area contributed by atoms with Crippen LogP contribution in [0.2, 0.25) is 10.0 Å². The molecule has 0 spiro atoms. The van der Waals surface area contributed by atoms with Crippen molar-refractivity contribution in [3.8, 4) is 5.75 Å². The van der Waals surface area contributed by atoms with Crippen molar-refractivity contribution < 1.29 is 14.3 Å². The van der Waals surface area contributed by atoms with E-state index in [1.807, 2.05) is 55.5 Å². The molecule has 0 saturated carbocycles. The molecule has 0 bridgehead atoms. The van der Waals surface area contributed by atoms with Gasteiger partial charge < -0.3 is 15.0 Å². The Hall–Kier alpha value is -3.02. The average molecular weight is 527 g/mol. The Morgan fingerprint density at radius 1 is 0.972 bits per heavy atom. The summed E-state index contributed by atoms with van der Waals surface area (Å²) in [6.45, 7) is 4.41. The maximum atomic E-state index is 13.6. The Morgan fingerprint density at radius 2 is 1.67 bits per heavy atom. The Bertz CT molecular complexity index is 1130. The summed E-state index contributed by atoms with van der Waals surface area (Å²) in [5, 5.41) is 3.87. The van der Waals surface area contributed by atoms with E-state index in [0.29, 0.717) is 34.3 Å². The number of nitrogens with one attached hydrogen (secondary N) is 1. The van der Waals surface area contributed by atoms with Crippen LogP contribution in [-0.4, -0.2) is 35.9 Å². The van der Waals surface area contributed by atoms with Crippen molar-refractivity contribution in [1.29, 1.82) is 0 Å². The third-order valence-electron chi connectivity index (χ3n) is 5.84. The zero-order valence-corrected chi connectivity index (χ0v) is 22.2. The van der Waals surface area contributed by atoms with Gasteiger partial charge in [0.15, 0.2) is 6.61 Å². The van der Waals surface area contributed by atoms with Crippen LogP contribution in [0.25, 0.3) is 0 Å². The van der Waals surface area contributed by atoms with Gasteiger partial charge in [0.1, 0.15) is 11.8 Å². The van der Waals surface area contributed by atoms with E-state index in [1.165, 1.54) is 4.90 Å². The summed E-state index contributed by atoms with van der Waals surface area (Å²) in [4.78, 5) is 28.6. The maximum absolute atomic E-state index is 13.6. The fourth-order valence-corrected chi connectivity index (χ4v) is 4.36. The predicted octanol–water partition coefficient (Wildman–Crippen LogP) is 6.24. The van der Waals surface area contributed by atoms with Gasteiger partial charge in [-0.15, -0.1) is 0 Å². The van der Waals surface area contributed by atoms with E-state index in [-0.39, 0.29) is 25.0 Å². The molecule has 3 aromatic rings. The van der Waals surface area contributed by atoms with Crippen molar-refractivity contribution in [3.05, 3.63) is 99.5 Å². The smallest absolute Gasteiger partial charge is 0.261 e. The van der Waals surface area contributed by atoms with Crippen molar-refractivity contribution in [2.24, 2.45) is 0 Å². The van der Waals surface area contributed by atoms with E-state index in [1.54, 1.807) is 24.3 Å². The van der Waals surface area contributed by atoms with Crippen LogP contribution in [-0.2, 0) is 22.6 Å². The van der Waals surface area contributed by atoms with Crippen molar-refractivity contribution in [2.75, 3.05) is 13.2 Å². The van der Waals surface area contributed by atoms with E-state index in [0.717, 1.165) is 24.0 Å². The lowest BCUT2D eigenvalue weighted by Gasteiger charge is -2.32. The summed E-state index contributed by atoms with van der Waals surface area (Å²) in [7, 11) is 0. The lowest BCUT2D eigenvalue weighted by atomic mass is 10.0. The highest BCUT2D eigenvalue weighted by Gasteiger charge is 2.31. The van der Waals surface area contributed by atoms with Gasteiger partial charge in [0.2, 0.25) is 5.91 Å². The summed E-state index contributed by atoms with van der Waals surface area (Å²) in [5.41, 5.74) is 2.55. The molecule has 3 rings (SSSR count). The van der Waals surface area contributed by atoms with E-state index in [2.05, 4.69) is 12.2 Å². The zero-order chi connectivity index (χ0) is 25.9. The summed E-state index contributed by atoms with van der Waals surface area (Å²) in [5.74, 6) is 0.0320. The SMILES string of the molecule is CCCCNC(=O)C(Cc1ccccc1)N(Cc1c(Cl)cccc1Cl)C(=O)COc1cccc(C)c1. The quantitative estimate of drug-likeness (QED) is 0.284. The molecule has 0 aliphatic heterocycles. The summed E-state index contributed by atoms with van der Waals surface area (Å²) >= 11 is 12.9. The number of halogens is 2. The minimum atomic E-state index is -0.773. The lowest BCUT2D eigenvalue weighted by Crippen LogP contribution is -2.52. The van der Waals surface area contributed by atoms with E-state index in [9.17, 15) is 9.59 Å². The second-order valence-corrected chi connectivity index (χ2v) is 9.49. The van der Waals surface area contributed by atoms with Crippen LogP contribution in [0.4, 0.5) is 0 Å². The van der Waals surface area contributed by atoms with Gasteiger partial charge in [0, 0.05) is 35.1 Å². The zero-order valence-electron chi connectivity index (χ0n) is 20.7. The van der Waals surface area contributed by atoms with Gasteiger partial charge in [-0.3, -0.25) is 9.59 Å². The second kappa shape index (κ2) is 13.9. The molecule has 7 heteroatoms. The molecule has 0 saturated heterocycles. The first kappa shape index (κ1) is 27.6. The first-order chi connectivity index (χ1) is 17.4. The number of ether oxygens (including phenoxy) is 1. The molecular weight excluding hydrogens is 495 g/mol. The summed E-state index contributed by atoms with van der Waals surface area (Å²) in [6, 6.07) is 21.6. The topological polar surface area (TPSA) is 58.6 Å². The monoisotopic (exact) mass is 526 g/mol. The number of aryl methyl sites for hydroxylation is 1. The highest BCUT2D eigenvalue weighted by atomic mass is 35.5. The molecule has 3 aromatic carbocycles. The van der Waals surface area contributed by atoms with Gasteiger partial charge in [-0.05, 0) is 48.7 Å². The molecule has 5 nitrogen and oxygen atoms in total. The molecule has 0 fully saturated rings. The molecular formula is C29H32Cl2N2O3. The van der Waals surface area contributed by atoms with Gasteiger partial charge in [-0.2, -0.15) is 0 Å². The average Bonchev–Trinajstić information content (AvgIpc) is 2.87. The minimum Gasteiger partial charge on any atom is -0.484 e. The van der Waals surface area contributed by atoms with Crippen molar-refractivity contribution in [1.82, 2.24) is 10.2 Å². The summed E-state index contributed by atoms with van der Waals surface area (Å²) in [6.07, 6.45) is 2.15. The normalized spacial score (nSPS) is 11.6. The standard InChI is InChI=1S/C29H32Cl2N2O3/c1-3-4-16-32-29(35)27(18-22-11-6-5-7-12-22)33(19-24-25(30)14-9-15-26(24)31)28(34)20-36-23-13-8-10-21(2)17-23/h5-15,17,27H,3-4,16,18-20H2,1-2H3,(H,32,35). The molecule has 1 atom stereocenters. The number of unbranched alkanes of at least 4 members (excludes halogenated alkanes) is 1. The van der Waals surface area contributed by atoms with Crippen LogP contribution in [0.5, 0.6) is 5.75 Å². The number of amides is 2. The summed E-state index contributed by atoms with van der Waals surface area (Å²) < 4.78 is 5.82. The first-order valence-corrected chi connectivity index (χ1v) is 12.9. The Labute approximate surface area is 223 Å². The molecule has 190 valence electrons. The molecule has 0 aromatic heterocycles. The third-order valence-corrected chi connectivity index (χ3v) is 6.55. The van der Waals surface area contributed by atoms with Crippen LogP contribution in [0.15, 0.2) is 72.8 Å². The number of rotatable bonds is 12. The van der Waals surface area contributed by atoms with Crippen LogP contribution in [0, 0.1) is 6.92 Å². The molecule has 0 radical (unpaired) electrons. The van der Waals surface area contributed by atoms with E-state index < -0.39 is 6.04 Å². The number of carbonyl (C=O) groups excluding carboxylic acids is 2. The molecule has 0 aliphatic rings. The van der Waals surface area contributed by atoms with Gasteiger partial charge >= 0.3 is 0 Å². The van der Waals surface area contributed by atoms with Gasteiger partial charge in [0.05, 0.1) is 0 Å². The first-order valence-electron chi connectivity index (χ1n) is 12.1. The second-order valence-electron chi connectivity index (χ2n) is 8.68. The lowest BCUT2D eigenvalue weighted by molar-refractivity contribution is -0.142. The predicted molar refractivity (Wildman–Crippen MR) is 146 cm³/mol. The molecule has 0 aliphatic carbocycles. The Balaban J connectivity index is 1.93. The minimum absolute atomic E-state index is 0.0766. The number of hydrogen-bond donors (Lipinski definition) is 1. The Kier molecular flexibility index (Phi) is 10.6. The highest BCUT2D eigenvalue weighted by molar-refractivity contribution is 6.36. The van der Waals surface area contributed by atoms with Gasteiger partial charge in [-0.1, -0.05) is 85.1 Å². The largest absolute Gasteiger partial charge is 0.484 e. The van der Waals surface area contributed by atoms with Gasteiger partial charge in [-0.25, -0.2) is 0 Å². The van der Waals surface area contributed by atoms with Crippen LogP contribution >= 0.6 is 23.2 Å². The molecule has 0 heterocycles. The molecule has 1 N–H and O–H groups in total. The van der Waals surface area contributed by atoms with Crippen LogP contribution in [0.1, 0.15) is 36.5 Å². The molecule has 1 unspecified atom stereocenters. The van der Waals surface area contributed by atoms with Crippen LogP contribution in [0.3, 0.4) is 0 Å². The fourth-order valence-electron chi connectivity index (χ4n) is 3.85. The number of benzene rings is 3. The van der Waals surface area contributed by atoms with Crippen molar-refractivity contribution in [2.45, 2.75) is 45.7 Å². The molecule has 36 heavy (non-hydrogen) atoms. The van der Waals surface area contributed by atoms with Crippen molar-refractivity contribution >= 4 is 35.0 Å². The van der Waals surface area contributed by atoms with Gasteiger partial charge in [0.25, 0.3) is 5.91 Å². The van der Waals surface area contributed by atoms with E-state index >= 15 is 0 Å². The number of hydrogen-bond acceptors (Lipinski definition) is 3. The highest BCUT2D eigenvalue weighted by Crippen LogP contribution is 2.27. The Morgan fingerprint density at radius 3 is 2.33 bits per heavy atom. The number of nitrogens with zero attached hydrogens (tertiary/aromatic N) is 1. The fraction of sp³-hybridized carbons (Fsp3) is 0.310. The number of carbonyl (C=O) groups is 2. The van der Waals surface area contributed by atoms with Crippen LogP contribution < -0.4 is 10.1 Å².